The van der Waals surface area contributed by atoms with Gasteiger partial charge in [0.2, 0.25) is 0 Å². The predicted molar refractivity (Wildman–Crippen MR) is 117 cm³/mol. The quantitative estimate of drug-likeness (QED) is 0.162. The van der Waals surface area contributed by atoms with E-state index in [9.17, 15) is 9.59 Å². The van der Waals surface area contributed by atoms with Crippen LogP contribution in [0.5, 0.6) is 11.5 Å². The molecule has 0 spiro atoms. The second kappa shape index (κ2) is 13.2. The lowest BCUT2D eigenvalue weighted by Crippen LogP contribution is -2.07. The molecule has 0 radical (unpaired) electrons. The van der Waals surface area contributed by atoms with E-state index in [0.29, 0.717) is 35.7 Å². The fourth-order valence-electron chi connectivity index (χ4n) is 2.68. The number of rotatable bonds is 12. The minimum atomic E-state index is -0.219. The fourth-order valence-corrected chi connectivity index (χ4v) is 2.68. The Morgan fingerprint density at radius 2 is 1.00 bits per heavy atom. The SMILES string of the molecule is CCCCCC(=O)Oc1ccc(N=Nc2ccc(OC(=O)CCCCC)cc2)cc1. The number of hydrogen-bond acceptors (Lipinski definition) is 6. The molecule has 0 aliphatic carbocycles. The van der Waals surface area contributed by atoms with Crippen molar-refractivity contribution in [3.8, 4) is 11.5 Å². The van der Waals surface area contributed by atoms with Gasteiger partial charge in [0.25, 0.3) is 0 Å². The van der Waals surface area contributed by atoms with Gasteiger partial charge in [-0.05, 0) is 61.4 Å². The van der Waals surface area contributed by atoms with E-state index in [0.717, 1.165) is 38.5 Å². The molecule has 0 unspecified atom stereocenters. The summed E-state index contributed by atoms with van der Waals surface area (Å²) < 4.78 is 10.6. The minimum absolute atomic E-state index is 0.219. The van der Waals surface area contributed by atoms with Crippen LogP contribution in [-0.4, -0.2) is 11.9 Å². The van der Waals surface area contributed by atoms with Crippen LogP contribution in [0.15, 0.2) is 58.8 Å². The Labute approximate surface area is 178 Å². The van der Waals surface area contributed by atoms with Crippen LogP contribution in [0.1, 0.15) is 65.2 Å². The standard InChI is InChI=1S/C24H30N2O4/c1-3-5-7-9-23(27)29-21-15-11-19(12-16-21)25-26-20-13-17-22(18-14-20)30-24(28)10-8-6-4-2/h11-18H,3-10H2,1-2H3. The molecule has 160 valence electrons. The lowest BCUT2D eigenvalue weighted by Gasteiger charge is -2.04. The van der Waals surface area contributed by atoms with Crippen molar-refractivity contribution in [1.29, 1.82) is 0 Å². The molecule has 6 nitrogen and oxygen atoms in total. The van der Waals surface area contributed by atoms with Crippen LogP contribution in [0, 0.1) is 0 Å². The predicted octanol–water partition coefficient (Wildman–Crippen LogP) is 7.07. The van der Waals surface area contributed by atoms with Crippen LogP contribution in [0.3, 0.4) is 0 Å². The van der Waals surface area contributed by atoms with Gasteiger partial charge in [0, 0.05) is 12.8 Å². The maximum absolute atomic E-state index is 11.7. The summed E-state index contributed by atoms with van der Waals surface area (Å²) in [6.07, 6.45) is 6.74. The van der Waals surface area contributed by atoms with E-state index in [1.54, 1.807) is 48.5 Å². The fraction of sp³-hybridized carbons (Fsp3) is 0.417. The maximum atomic E-state index is 11.7. The van der Waals surface area contributed by atoms with Crippen molar-refractivity contribution >= 4 is 23.3 Å². The van der Waals surface area contributed by atoms with Gasteiger partial charge in [-0.15, -0.1) is 0 Å². The molecular formula is C24H30N2O4. The smallest absolute Gasteiger partial charge is 0.311 e. The summed E-state index contributed by atoms with van der Waals surface area (Å²) >= 11 is 0. The third-order valence-corrected chi connectivity index (χ3v) is 4.39. The van der Waals surface area contributed by atoms with Crippen molar-refractivity contribution in [3.63, 3.8) is 0 Å². The zero-order chi connectivity index (χ0) is 21.6. The number of carbonyl (C=O) groups excluding carboxylic acids is 2. The first-order chi connectivity index (χ1) is 14.6. The Morgan fingerprint density at radius 1 is 0.633 bits per heavy atom. The number of nitrogens with zero attached hydrogens (tertiary/aromatic N) is 2. The molecule has 0 aliphatic heterocycles. The van der Waals surface area contributed by atoms with Crippen LogP contribution in [0.2, 0.25) is 0 Å². The number of ether oxygens (including phenoxy) is 2. The highest BCUT2D eigenvalue weighted by atomic mass is 16.5. The average Bonchev–Trinajstić information content (AvgIpc) is 2.75. The van der Waals surface area contributed by atoms with Gasteiger partial charge < -0.3 is 9.47 Å². The van der Waals surface area contributed by atoms with Gasteiger partial charge in [-0.25, -0.2) is 0 Å². The van der Waals surface area contributed by atoms with Crippen LogP contribution in [0.25, 0.3) is 0 Å². The van der Waals surface area contributed by atoms with Crippen LogP contribution in [0.4, 0.5) is 11.4 Å². The Kier molecular flexibility index (Phi) is 10.3. The summed E-state index contributed by atoms with van der Waals surface area (Å²) in [4.78, 5) is 23.5. The molecule has 0 saturated heterocycles. The maximum Gasteiger partial charge on any atom is 0.311 e. The average molecular weight is 411 g/mol. The monoisotopic (exact) mass is 410 g/mol. The topological polar surface area (TPSA) is 77.3 Å². The number of benzene rings is 2. The van der Waals surface area contributed by atoms with Crippen LogP contribution in [-0.2, 0) is 9.59 Å². The molecule has 0 saturated carbocycles. The van der Waals surface area contributed by atoms with Crippen molar-refractivity contribution in [2.75, 3.05) is 0 Å². The summed E-state index contributed by atoms with van der Waals surface area (Å²) in [6, 6.07) is 13.8. The van der Waals surface area contributed by atoms with E-state index >= 15 is 0 Å². The summed E-state index contributed by atoms with van der Waals surface area (Å²) in [7, 11) is 0. The first-order valence-electron chi connectivity index (χ1n) is 10.6. The minimum Gasteiger partial charge on any atom is -0.427 e. The second-order valence-electron chi connectivity index (χ2n) is 7.05. The lowest BCUT2D eigenvalue weighted by molar-refractivity contribution is -0.135. The van der Waals surface area contributed by atoms with Crippen molar-refractivity contribution in [1.82, 2.24) is 0 Å². The molecule has 2 aromatic rings. The Hall–Kier alpha value is -3.02. The molecule has 0 atom stereocenters. The van der Waals surface area contributed by atoms with E-state index in [4.69, 9.17) is 9.47 Å². The van der Waals surface area contributed by atoms with Gasteiger partial charge in [-0.3, -0.25) is 9.59 Å². The summed E-state index contributed by atoms with van der Waals surface area (Å²) in [5, 5.41) is 8.35. The Balaban J connectivity index is 1.82. The zero-order valence-corrected chi connectivity index (χ0v) is 17.8. The van der Waals surface area contributed by atoms with E-state index in [1.165, 1.54) is 0 Å². The largest absolute Gasteiger partial charge is 0.427 e. The molecule has 2 rings (SSSR count). The third-order valence-electron chi connectivity index (χ3n) is 4.39. The number of esters is 2. The lowest BCUT2D eigenvalue weighted by atomic mass is 10.2. The molecule has 30 heavy (non-hydrogen) atoms. The molecule has 0 fully saturated rings. The number of azo groups is 1. The molecule has 0 N–H and O–H groups in total. The Bertz CT molecular complexity index is 745. The molecule has 6 heteroatoms. The third kappa shape index (κ3) is 8.99. The highest BCUT2D eigenvalue weighted by Gasteiger charge is 2.05. The normalized spacial score (nSPS) is 10.9. The molecule has 0 aliphatic rings. The first-order valence-corrected chi connectivity index (χ1v) is 10.6. The number of unbranched alkanes of at least 4 members (excludes halogenated alkanes) is 4. The van der Waals surface area contributed by atoms with Crippen LogP contribution < -0.4 is 9.47 Å². The Morgan fingerprint density at radius 3 is 1.33 bits per heavy atom. The summed E-state index contributed by atoms with van der Waals surface area (Å²) in [5.74, 6) is 0.564. The highest BCUT2D eigenvalue weighted by molar-refractivity contribution is 5.72. The molecule has 0 heterocycles. The first kappa shape index (κ1) is 23.3. The van der Waals surface area contributed by atoms with E-state index in [1.807, 2.05) is 0 Å². The van der Waals surface area contributed by atoms with Crippen molar-refractivity contribution in [3.05, 3.63) is 48.5 Å². The highest BCUT2D eigenvalue weighted by Crippen LogP contribution is 2.23. The molecule has 2 aromatic carbocycles. The van der Waals surface area contributed by atoms with Crippen molar-refractivity contribution in [2.24, 2.45) is 10.2 Å². The van der Waals surface area contributed by atoms with Gasteiger partial charge in [0.05, 0.1) is 11.4 Å². The van der Waals surface area contributed by atoms with E-state index < -0.39 is 0 Å². The van der Waals surface area contributed by atoms with Gasteiger partial charge in [0.15, 0.2) is 0 Å². The van der Waals surface area contributed by atoms with E-state index in [2.05, 4.69) is 24.1 Å². The summed E-state index contributed by atoms with van der Waals surface area (Å²) in [6.45, 7) is 4.19. The van der Waals surface area contributed by atoms with Crippen molar-refractivity contribution in [2.45, 2.75) is 65.2 Å². The van der Waals surface area contributed by atoms with Gasteiger partial charge >= 0.3 is 11.9 Å². The molecular weight excluding hydrogens is 380 g/mol. The zero-order valence-electron chi connectivity index (χ0n) is 17.8. The van der Waals surface area contributed by atoms with Gasteiger partial charge in [-0.2, -0.15) is 10.2 Å². The molecule has 0 aromatic heterocycles. The molecule has 0 amide bonds. The van der Waals surface area contributed by atoms with E-state index in [-0.39, 0.29) is 11.9 Å². The summed E-state index contributed by atoms with van der Waals surface area (Å²) in [5.41, 5.74) is 1.29. The number of carbonyl (C=O) groups is 2. The second-order valence-corrected chi connectivity index (χ2v) is 7.05. The van der Waals surface area contributed by atoms with Crippen LogP contribution >= 0.6 is 0 Å². The number of hydrogen-bond donors (Lipinski definition) is 0. The molecule has 0 bridgehead atoms. The van der Waals surface area contributed by atoms with Gasteiger partial charge in [-0.1, -0.05) is 39.5 Å². The van der Waals surface area contributed by atoms with Crippen molar-refractivity contribution < 1.29 is 19.1 Å². The van der Waals surface area contributed by atoms with Gasteiger partial charge in [0.1, 0.15) is 11.5 Å².